The SMILES string of the molecule is CCN(C)C(=O)CNC(=O)c1cc(O)cc(O)c1. The zero-order valence-corrected chi connectivity index (χ0v) is 10.3. The second-order valence-electron chi connectivity index (χ2n) is 3.83. The summed E-state index contributed by atoms with van der Waals surface area (Å²) >= 11 is 0. The molecule has 3 N–H and O–H groups in total. The van der Waals surface area contributed by atoms with Gasteiger partial charge in [-0.3, -0.25) is 9.59 Å². The summed E-state index contributed by atoms with van der Waals surface area (Å²) in [6.07, 6.45) is 0. The molecule has 0 saturated heterocycles. The minimum Gasteiger partial charge on any atom is -0.508 e. The Morgan fingerprint density at radius 2 is 1.78 bits per heavy atom. The molecule has 0 atom stereocenters. The van der Waals surface area contributed by atoms with Crippen molar-refractivity contribution in [2.45, 2.75) is 6.92 Å². The number of amides is 2. The van der Waals surface area contributed by atoms with Gasteiger partial charge in [-0.2, -0.15) is 0 Å². The highest BCUT2D eigenvalue weighted by atomic mass is 16.3. The summed E-state index contributed by atoms with van der Waals surface area (Å²) in [5, 5.41) is 20.9. The third-order valence-corrected chi connectivity index (χ3v) is 2.46. The number of hydrogen-bond donors (Lipinski definition) is 3. The average Bonchev–Trinajstić information content (AvgIpc) is 2.33. The molecule has 1 aromatic rings. The Morgan fingerprint density at radius 1 is 1.22 bits per heavy atom. The number of nitrogens with zero attached hydrogens (tertiary/aromatic N) is 1. The summed E-state index contributed by atoms with van der Waals surface area (Å²) in [7, 11) is 1.63. The van der Waals surface area contributed by atoms with Crippen LogP contribution in [0.1, 0.15) is 17.3 Å². The molecule has 18 heavy (non-hydrogen) atoms. The first-order valence-electron chi connectivity index (χ1n) is 5.49. The molecule has 98 valence electrons. The van der Waals surface area contributed by atoms with Crippen LogP contribution in [0.2, 0.25) is 0 Å². The Hall–Kier alpha value is -2.24. The Bertz CT molecular complexity index is 439. The van der Waals surface area contributed by atoms with Crippen LogP contribution < -0.4 is 5.32 Å². The van der Waals surface area contributed by atoms with Crippen LogP contribution in [0.25, 0.3) is 0 Å². The minimum absolute atomic E-state index is 0.0967. The summed E-state index contributed by atoms with van der Waals surface area (Å²) < 4.78 is 0. The van der Waals surface area contributed by atoms with Gasteiger partial charge in [-0.25, -0.2) is 0 Å². The van der Waals surface area contributed by atoms with Gasteiger partial charge in [0.25, 0.3) is 5.91 Å². The van der Waals surface area contributed by atoms with E-state index in [2.05, 4.69) is 5.32 Å². The maximum absolute atomic E-state index is 11.7. The third-order valence-electron chi connectivity index (χ3n) is 2.46. The molecule has 0 heterocycles. The van der Waals surface area contributed by atoms with E-state index in [-0.39, 0.29) is 29.5 Å². The molecule has 0 spiro atoms. The molecule has 0 aliphatic rings. The van der Waals surface area contributed by atoms with E-state index in [0.717, 1.165) is 6.07 Å². The first-order chi connectivity index (χ1) is 8.43. The molecule has 0 bridgehead atoms. The molecule has 0 unspecified atom stereocenters. The van der Waals surface area contributed by atoms with E-state index in [4.69, 9.17) is 0 Å². The van der Waals surface area contributed by atoms with Crippen molar-refractivity contribution in [1.82, 2.24) is 10.2 Å². The van der Waals surface area contributed by atoms with Crippen LogP contribution in [0.5, 0.6) is 11.5 Å². The normalized spacial score (nSPS) is 9.89. The second kappa shape index (κ2) is 5.90. The van der Waals surface area contributed by atoms with Crippen LogP contribution in [-0.4, -0.2) is 47.1 Å². The number of hydrogen-bond acceptors (Lipinski definition) is 4. The van der Waals surface area contributed by atoms with Crippen LogP contribution in [0.3, 0.4) is 0 Å². The molecule has 0 aromatic heterocycles. The van der Waals surface area contributed by atoms with Gasteiger partial charge < -0.3 is 20.4 Å². The number of benzene rings is 1. The zero-order chi connectivity index (χ0) is 13.7. The highest BCUT2D eigenvalue weighted by Gasteiger charge is 2.11. The van der Waals surface area contributed by atoms with E-state index >= 15 is 0 Å². The van der Waals surface area contributed by atoms with Crippen LogP contribution in [0.15, 0.2) is 18.2 Å². The molecular formula is C12H16N2O4. The summed E-state index contributed by atoms with van der Waals surface area (Å²) in [4.78, 5) is 24.6. The van der Waals surface area contributed by atoms with E-state index < -0.39 is 5.91 Å². The zero-order valence-electron chi connectivity index (χ0n) is 10.3. The number of aromatic hydroxyl groups is 2. The van der Waals surface area contributed by atoms with E-state index in [1.165, 1.54) is 17.0 Å². The highest BCUT2D eigenvalue weighted by Crippen LogP contribution is 2.20. The molecule has 0 aliphatic heterocycles. The Balaban J connectivity index is 2.63. The first-order valence-corrected chi connectivity index (χ1v) is 5.49. The maximum Gasteiger partial charge on any atom is 0.251 e. The highest BCUT2D eigenvalue weighted by molar-refractivity contribution is 5.97. The maximum atomic E-state index is 11.7. The first kappa shape index (κ1) is 13.8. The molecule has 1 rings (SSSR count). The number of nitrogens with one attached hydrogen (secondary N) is 1. The number of carbonyl (C=O) groups excluding carboxylic acids is 2. The molecule has 2 amide bonds. The van der Waals surface area contributed by atoms with Gasteiger partial charge in [0.1, 0.15) is 11.5 Å². The molecule has 0 saturated carbocycles. The molecular weight excluding hydrogens is 236 g/mol. The Kier molecular flexibility index (Phi) is 4.53. The largest absolute Gasteiger partial charge is 0.508 e. The van der Waals surface area contributed by atoms with Gasteiger partial charge in [0.2, 0.25) is 5.91 Å². The van der Waals surface area contributed by atoms with Crippen molar-refractivity contribution in [3.05, 3.63) is 23.8 Å². The number of phenols is 2. The molecule has 6 nitrogen and oxygen atoms in total. The Labute approximate surface area is 105 Å². The topological polar surface area (TPSA) is 89.9 Å². The number of phenolic OH excluding ortho intramolecular Hbond substituents is 2. The molecule has 1 aromatic carbocycles. The smallest absolute Gasteiger partial charge is 0.251 e. The number of carbonyl (C=O) groups is 2. The quantitative estimate of drug-likeness (QED) is 0.719. The molecule has 0 fully saturated rings. The summed E-state index contributed by atoms with van der Waals surface area (Å²) in [5.41, 5.74) is 0.0967. The van der Waals surface area contributed by atoms with Crippen molar-refractivity contribution < 1.29 is 19.8 Å². The fourth-order valence-electron chi connectivity index (χ4n) is 1.30. The van der Waals surface area contributed by atoms with Crippen LogP contribution >= 0.6 is 0 Å². The van der Waals surface area contributed by atoms with E-state index in [0.29, 0.717) is 6.54 Å². The minimum atomic E-state index is -0.529. The van der Waals surface area contributed by atoms with Gasteiger partial charge in [-0.05, 0) is 19.1 Å². The van der Waals surface area contributed by atoms with Crippen molar-refractivity contribution in [3.8, 4) is 11.5 Å². The molecule has 6 heteroatoms. The molecule has 0 radical (unpaired) electrons. The predicted molar refractivity (Wildman–Crippen MR) is 65.4 cm³/mol. The van der Waals surface area contributed by atoms with Crippen molar-refractivity contribution in [2.24, 2.45) is 0 Å². The predicted octanol–water partition coefficient (Wildman–Crippen LogP) is 0.306. The van der Waals surface area contributed by atoms with Crippen LogP contribution in [0.4, 0.5) is 0 Å². The van der Waals surface area contributed by atoms with Crippen molar-refractivity contribution in [1.29, 1.82) is 0 Å². The lowest BCUT2D eigenvalue weighted by Gasteiger charge is -2.14. The number of rotatable bonds is 4. The van der Waals surface area contributed by atoms with Gasteiger partial charge in [0.05, 0.1) is 6.54 Å². The van der Waals surface area contributed by atoms with Gasteiger partial charge in [0.15, 0.2) is 0 Å². The summed E-state index contributed by atoms with van der Waals surface area (Å²) in [5.74, 6) is -1.16. The van der Waals surface area contributed by atoms with E-state index in [9.17, 15) is 19.8 Å². The lowest BCUT2D eigenvalue weighted by Crippen LogP contribution is -2.37. The van der Waals surface area contributed by atoms with Gasteiger partial charge in [0, 0.05) is 25.2 Å². The van der Waals surface area contributed by atoms with E-state index in [1.807, 2.05) is 6.92 Å². The van der Waals surface area contributed by atoms with Crippen molar-refractivity contribution >= 4 is 11.8 Å². The number of likely N-dealkylation sites (N-methyl/N-ethyl adjacent to an activating group) is 1. The summed E-state index contributed by atoms with van der Waals surface area (Å²) in [6, 6.07) is 3.54. The van der Waals surface area contributed by atoms with Crippen LogP contribution in [-0.2, 0) is 4.79 Å². The Morgan fingerprint density at radius 3 is 2.28 bits per heavy atom. The fraction of sp³-hybridized carbons (Fsp3) is 0.333. The van der Waals surface area contributed by atoms with Crippen molar-refractivity contribution in [2.75, 3.05) is 20.1 Å². The van der Waals surface area contributed by atoms with Crippen LogP contribution in [0, 0.1) is 0 Å². The third kappa shape index (κ3) is 3.65. The van der Waals surface area contributed by atoms with E-state index in [1.54, 1.807) is 7.05 Å². The lowest BCUT2D eigenvalue weighted by molar-refractivity contribution is -0.128. The monoisotopic (exact) mass is 252 g/mol. The van der Waals surface area contributed by atoms with Gasteiger partial charge >= 0.3 is 0 Å². The lowest BCUT2D eigenvalue weighted by atomic mass is 10.2. The second-order valence-corrected chi connectivity index (χ2v) is 3.83. The van der Waals surface area contributed by atoms with Gasteiger partial charge in [-0.1, -0.05) is 0 Å². The summed E-state index contributed by atoms with van der Waals surface area (Å²) in [6.45, 7) is 2.26. The average molecular weight is 252 g/mol. The molecule has 0 aliphatic carbocycles. The standard InChI is InChI=1S/C12H16N2O4/c1-3-14(2)11(17)7-13-12(18)8-4-9(15)6-10(16)5-8/h4-6,15-16H,3,7H2,1-2H3,(H,13,18). The van der Waals surface area contributed by atoms with Gasteiger partial charge in [-0.15, -0.1) is 0 Å². The fourth-order valence-corrected chi connectivity index (χ4v) is 1.30. The van der Waals surface area contributed by atoms with Crippen molar-refractivity contribution in [3.63, 3.8) is 0 Å².